The summed E-state index contributed by atoms with van der Waals surface area (Å²) >= 11 is 3.02. The van der Waals surface area contributed by atoms with Gasteiger partial charge in [0.15, 0.2) is 5.16 Å². The lowest BCUT2D eigenvalue weighted by atomic mass is 9.89. The summed E-state index contributed by atoms with van der Waals surface area (Å²) in [5.41, 5.74) is 1.15. The number of nitrogens with one attached hydrogen (secondary N) is 1. The summed E-state index contributed by atoms with van der Waals surface area (Å²) in [5.74, 6) is 1.17. The minimum atomic E-state index is -0.0496. The molecule has 1 saturated heterocycles. The van der Waals surface area contributed by atoms with Crippen LogP contribution >= 0.6 is 23.1 Å². The number of aromatic nitrogens is 2. The minimum Gasteiger partial charge on any atom is -0.339 e. The first kappa shape index (κ1) is 19.0. The Morgan fingerprint density at radius 1 is 1.37 bits per heavy atom. The Balaban J connectivity index is 1.51. The van der Waals surface area contributed by atoms with Crippen LogP contribution < -0.4 is 5.56 Å². The molecule has 2 aliphatic rings. The van der Waals surface area contributed by atoms with Gasteiger partial charge >= 0.3 is 0 Å². The standard InChI is InChI=1S/C20H27N3O2S2/c1-3-13-6-4-5-9-23(13)16(24)11-26-20-21-18(25)17-14-8-7-12(2)10-15(14)27-19(17)22-20/h12-13H,3-11H2,1-2H3,(H,21,22,25)/t12-,13+/m1/s1. The molecule has 146 valence electrons. The number of carbonyl (C=O) groups is 1. The third kappa shape index (κ3) is 3.81. The van der Waals surface area contributed by atoms with Crippen molar-refractivity contribution >= 4 is 39.2 Å². The number of likely N-dealkylation sites (tertiary alicyclic amines) is 1. The number of aryl methyl sites for hydroxylation is 1. The van der Waals surface area contributed by atoms with Gasteiger partial charge in [-0.2, -0.15) is 0 Å². The minimum absolute atomic E-state index is 0.0496. The number of carbonyl (C=O) groups excluding carboxylic acids is 1. The van der Waals surface area contributed by atoms with Crippen molar-refractivity contribution < 1.29 is 4.79 Å². The molecular weight excluding hydrogens is 378 g/mol. The van der Waals surface area contributed by atoms with Crippen molar-refractivity contribution in [2.75, 3.05) is 12.3 Å². The lowest BCUT2D eigenvalue weighted by molar-refractivity contribution is -0.132. The second kappa shape index (κ2) is 7.95. The van der Waals surface area contributed by atoms with Gasteiger partial charge in [-0.05, 0) is 56.4 Å². The van der Waals surface area contributed by atoms with E-state index in [0.29, 0.717) is 22.9 Å². The maximum atomic E-state index is 12.7. The predicted molar refractivity (Wildman–Crippen MR) is 112 cm³/mol. The number of fused-ring (bicyclic) bond motifs is 3. The first-order valence-electron chi connectivity index (χ1n) is 10.0. The van der Waals surface area contributed by atoms with Gasteiger partial charge in [0.1, 0.15) is 4.83 Å². The van der Waals surface area contributed by atoms with Gasteiger partial charge in [0.05, 0.1) is 11.1 Å². The number of thioether (sulfide) groups is 1. The molecule has 27 heavy (non-hydrogen) atoms. The molecule has 3 heterocycles. The molecule has 0 radical (unpaired) electrons. The molecule has 0 saturated carbocycles. The monoisotopic (exact) mass is 405 g/mol. The highest BCUT2D eigenvalue weighted by Crippen LogP contribution is 2.36. The van der Waals surface area contributed by atoms with E-state index in [1.165, 1.54) is 28.6 Å². The summed E-state index contributed by atoms with van der Waals surface area (Å²) in [5, 5.41) is 1.34. The van der Waals surface area contributed by atoms with Crippen molar-refractivity contribution in [3.63, 3.8) is 0 Å². The highest BCUT2D eigenvalue weighted by molar-refractivity contribution is 7.99. The van der Waals surface area contributed by atoms with Gasteiger partial charge in [-0.25, -0.2) is 4.98 Å². The van der Waals surface area contributed by atoms with Crippen LogP contribution in [0, 0.1) is 5.92 Å². The van der Waals surface area contributed by atoms with Crippen LogP contribution in [0.4, 0.5) is 0 Å². The van der Waals surface area contributed by atoms with E-state index in [0.717, 1.165) is 55.3 Å². The van der Waals surface area contributed by atoms with Crippen LogP contribution in [-0.2, 0) is 17.6 Å². The molecule has 0 bridgehead atoms. The fourth-order valence-electron chi connectivity index (χ4n) is 4.36. The zero-order valence-corrected chi connectivity index (χ0v) is 17.7. The number of H-pyrrole nitrogens is 1. The van der Waals surface area contributed by atoms with Crippen LogP contribution in [0.15, 0.2) is 9.95 Å². The normalized spacial score (nSPS) is 22.8. The van der Waals surface area contributed by atoms with Crippen LogP contribution in [0.2, 0.25) is 0 Å². The molecule has 2 atom stereocenters. The smallest absolute Gasteiger partial charge is 0.260 e. The Kier molecular flexibility index (Phi) is 5.60. The Morgan fingerprint density at radius 3 is 3.04 bits per heavy atom. The number of hydrogen-bond acceptors (Lipinski definition) is 5. The first-order chi connectivity index (χ1) is 13.1. The third-order valence-corrected chi connectivity index (χ3v) is 7.90. The number of amides is 1. The van der Waals surface area contributed by atoms with E-state index in [2.05, 4.69) is 23.8 Å². The highest BCUT2D eigenvalue weighted by atomic mass is 32.2. The zero-order valence-electron chi connectivity index (χ0n) is 16.0. The van der Waals surface area contributed by atoms with E-state index in [1.807, 2.05) is 4.90 Å². The summed E-state index contributed by atoms with van der Waals surface area (Å²) in [6, 6.07) is 0.368. The van der Waals surface area contributed by atoms with Crippen LogP contribution in [0.25, 0.3) is 10.2 Å². The largest absolute Gasteiger partial charge is 0.339 e. The number of nitrogens with zero attached hydrogens (tertiary/aromatic N) is 2. The number of hydrogen-bond donors (Lipinski definition) is 1. The lowest BCUT2D eigenvalue weighted by Crippen LogP contribution is -2.44. The van der Waals surface area contributed by atoms with Crippen molar-refractivity contribution in [3.8, 4) is 0 Å². The van der Waals surface area contributed by atoms with Gasteiger partial charge in [0.2, 0.25) is 5.91 Å². The summed E-state index contributed by atoms with van der Waals surface area (Å²) in [6.45, 7) is 5.27. The maximum Gasteiger partial charge on any atom is 0.260 e. The molecule has 2 aromatic rings. The molecular formula is C20H27N3O2S2. The average Bonchev–Trinajstić information content (AvgIpc) is 3.03. The van der Waals surface area contributed by atoms with Crippen molar-refractivity contribution in [1.29, 1.82) is 0 Å². The van der Waals surface area contributed by atoms with Crippen LogP contribution in [-0.4, -0.2) is 39.1 Å². The Labute approximate surface area is 167 Å². The highest BCUT2D eigenvalue weighted by Gasteiger charge is 2.26. The van der Waals surface area contributed by atoms with Gasteiger partial charge in [-0.15, -0.1) is 11.3 Å². The number of thiophene rings is 1. The number of aromatic amines is 1. The van der Waals surface area contributed by atoms with Gasteiger partial charge < -0.3 is 9.88 Å². The quantitative estimate of drug-likeness (QED) is 0.617. The second-order valence-electron chi connectivity index (χ2n) is 7.84. The molecule has 1 N–H and O–H groups in total. The van der Waals surface area contributed by atoms with Crippen molar-refractivity contribution in [2.45, 2.75) is 70.0 Å². The van der Waals surface area contributed by atoms with E-state index in [4.69, 9.17) is 0 Å². The summed E-state index contributed by atoms with van der Waals surface area (Å²) in [4.78, 5) is 37.1. The van der Waals surface area contributed by atoms with Gasteiger partial charge in [-0.1, -0.05) is 25.6 Å². The first-order valence-corrected chi connectivity index (χ1v) is 11.8. The molecule has 1 aliphatic heterocycles. The zero-order chi connectivity index (χ0) is 19.0. The average molecular weight is 406 g/mol. The number of rotatable bonds is 4. The number of piperidine rings is 1. The lowest BCUT2D eigenvalue weighted by Gasteiger charge is -2.35. The van der Waals surface area contributed by atoms with Gasteiger partial charge in [-0.3, -0.25) is 9.59 Å². The molecule has 7 heteroatoms. The SMILES string of the molecule is CC[C@H]1CCCCN1C(=O)CSc1nc2sc3c(c2c(=O)[nH]1)CC[C@@H](C)C3. The molecule has 0 aromatic carbocycles. The van der Waals surface area contributed by atoms with Crippen LogP contribution in [0.1, 0.15) is 56.4 Å². The van der Waals surface area contributed by atoms with E-state index in [1.54, 1.807) is 11.3 Å². The summed E-state index contributed by atoms with van der Waals surface area (Å²) in [6.07, 6.45) is 7.57. The van der Waals surface area contributed by atoms with E-state index in [-0.39, 0.29) is 11.5 Å². The van der Waals surface area contributed by atoms with Crippen LogP contribution in [0.3, 0.4) is 0 Å². The van der Waals surface area contributed by atoms with E-state index >= 15 is 0 Å². The molecule has 4 rings (SSSR count). The van der Waals surface area contributed by atoms with Crippen LogP contribution in [0.5, 0.6) is 0 Å². The van der Waals surface area contributed by atoms with Crippen molar-refractivity contribution in [2.24, 2.45) is 5.92 Å². The molecule has 1 amide bonds. The maximum absolute atomic E-state index is 12.7. The molecule has 0 spiro atoms. The third-order valence-electron chi connectivity index (χ3n) is 5.89. The molecule has 5 nitrogen and oxygen atoms in total. The summed E-state index contributed by atoms with van der Waals surface area (Å²) < 4.78 is 0. The topological polar surface area (TPSA) is 66.1 Å². The van der Waals surface area contributed by atoms with Gasteiger partial charge in [0, 0.05) is 17.5 Å². The molecule has 1 fully saturated rings. The van der Waals surface area contributed by atoms with Gasteiger partial charge in [0.25, 0.3) is 5.56 Å². The fourth-order valence-corrected chi connectivity index (χ4v) is 6.55. The second-order valence-corrected chi connectivity index (χ2v) is 9.88. The van der Waals surface area contributed by atoms with E-state index in [9.17, 15) is 9.59 Å². The van der Waals surface area contributed by atoms with Crippen molar-refractivity contribution in [1.82, 2.24) is 14.9 Å². The Hall–Kier alpha value is -1.34. The van der Waals surface area contributed by atoms with E-state index < -0.39 is 0 Å². The molecule has 0 unspecified atom stereocenters. The molecule has 1 aliphatic carbocycles. The predicted octanol–water partition coefficient (Wildman–Crippen LogP) is 3.99. The fraction of sp³-hybridized carbons (Fsp3) is 0.650. The van der Waals surface area contributed by atoms with Crippen molar-refractivity contribution in [3.05, 3.63) is 20.8 Å². The summed E-state index contributed by atoms with van der Waals surface area (Å²) in [7, 11) is 0. The molecule has 2 aromatic heterocycles. The Bertz CT molecular complexity index is 904. The Morgan fingerprint density at radius 2 is 2.22 bits per heavy atom.